The topological polar surface area (TPSA) is 0 Å². The predicted octanol–water partition coefficient (Wildman–Crippen LogP) is 7.17. The third-order valence-electron chi connectivity index (χ3n) is 4.96. The molecule has 0 nitrogen and oxygen atoms in total. The Hall–Kier alpha value is -1.49. The molecule has 140 valence electrons. The average Bonchev–Trinajstić information content (AvgIpc) is 2.52. The van der Waals surface area contributed by atoms with Crippen molar-refractivity contribution in [2.75, 3.05) is 0 Å². The fourth-order valence-corrected chi connectivity index (χ4v) is 9.41. The van der Waals surface area contributed by atoms with E-state index in [1.807, 2.05) is 6.07 Å². The second-order valence-electron chi connectivity index (χ2n) is 9.12. The molecular weight excluding hydrogens is 344 g/mol. The van der Waals surface area contributed by atoms with Crippen LogP contribution in [-0.4, -0.2) is 16.1 Å². The van der Waals surface area contributed by atoms with E-state index >= 15 is 0 Å². The minimum absolute atomic E-state index is 0.637. The van der Waals surface area contributed by atoms with Crippen molar-refractivity contribution < 1.29 is 0 Å². The summed E-state index contributed by atoms with van der Waals surface area (Å²) in [6.45, 7) is 21.0. The second-order valence-corrected chi connectivity index (χ2v) is 19.4. The van der Waals surface area contributed by atoms with Crippen molar-refractivity contribution in [1.29, 1.82) is 0 Å². The van der Waals surface area contributed by atoms with Crippen molar-refractivity contribution >= 4 is 22.2 Å². The monoisotopic (exact) mass is 380 g/mol. The van der Waals surface area contributed by atoms with E-state index in [1.54, 1.807) is 0 Å². The summed E-state index contributed by atoms with van der Waals surface area (Å²) >= 11 is 0. The zero-order chi connectivity index (χ0) is 20.0. The van der Waals surface area contributed by atoms with Gasteiger partial charge in [-0.3, -0.25) is 0 Å². The van der Waals surface area contributed by atoms with Crippen molar-refractivity contribution in [2.45, 2.75) is 77.8 Å². The summed E-state index contributed by atoms with van der Waals surface area (Å²) in [5, 5.41) is 0. The summed E-state index contributed by atoms with van der Waals surface area (Å²) in [6, 6.07) is 10.4. The number of benzene rings is 1. The standard InChI is InChI=1S/C24H36Si2/c1-20(2)26(21(3)4,22(5)6)18-16-24(15-17-25(7,8)9)19-23-13-11-10-12-14-23/h10-14,19-22H,1-9H3/b24-19+. The van der Waals surface area contributed by atoms with Gasteiger partial charge in [-0.2, -0.15) is 0 Å². The number of rotatable bonds is 4. The van der Waals surface area contributed by atoms with E-state index < -0.39 is 16.1 Å². The molecule has 0 aliphatic heterocycles. The third kappa shape index (κ3) is 6.35. The number of hydrogen-bond acceptors (Lipinski definition) is 0. The Bertz CT molecular complexity index is 702. The highest BCUT2D eigenvalue weighted by Gasteiger charge is 2.41. The van der Waals surface area contributed by atoms with Crippen LogP contribution in [0.1, 0.15) is 47.1 Å². The molecule has 0 unspecified atom stereocenters. The largest absolute Gasteiger partial charge is 0.146 e. The fraction of sp³-hybridized carbons (Fsp3) is 0.500. The molecule has 0 bridgehead atoms. The van der Waals surface area contributed by atoms with Crippen LogP contribution in [0.2, 0.25) is 36.3 Å². The Balaban J connectivity index is 3.48. The molecule has 0 saturated heterocycles. The van der Waals surface area contributed by atoms with Crippen molar-refractivity contribution in [3.8, 4) is 22.9 Å². The predicted molar refractivity (Wildman–Crippen MR) is 124 cm³/mol. The lowest BCUT2D eigenvalue weighted by Crippen LogP contribution is -2.43. The van der Waals surface area contributed by atoms with Crippen molar-refractivity contribution in [1.82, 2.24) is 0 Å². The average molecular weight is 381 g/mol. The van der Waals surface area contributed by atoms with Crippen LogP contribution in [0.5, 0.6) is 0 Å². The molecule has 0 heterocycles. The van der Waals surface area contributed by atoms with Crippen molar-refractivity contribution in [2.24, 2.45) is 0 Å². The van der Waals surface area contributed by atoms with Crippen LogP contribution in [0.4, 0.5) is 0 Å². The van der Waals surface area contributed by atoms with Gasteiger partial charge in [-0.1, -0.05) is 103 Å². The van der Waals surface area contributed by atoms with Crippen molar-refractivity contribution in [3.63, 3.8) is 0 Å². The smallest absolute Gasteiger partial charge is 0.126 e. The first-order valence-electron chi connectivity index (χ1n) is 9.82. The summed E-state index contributed by atoms with van der Waals surface area (Å²) in [4.78, 5) is 0. The summed E-state index contributed by atoms with van der Waals surface area (Å²) in [7, 11) is -3.18. The Morgan fingerprint density at radius 1 is 0.769 bits per heavy atom. The third-order valence-corrected chi connectivity index (χ3v) is 12.1. The summed E-state index contributed by atoms with van der Waals surface area (Å²) in [5.41, 5.74) is 11.4. The van der Waals surface area contributed by atoms with Crippen LogP contribution >= 0.6 is 0 Å². The maximum Gasteiger partial charge on any atom is 0.146 e. The van der Waals surface area contributed by atoms with E-state index in [9.17, 15) is 0 Å². The zero-order valence-corrected chi connectivity index (χ0v) is 20.2. The van der Waals surface area contributed by atoms with Crippen LogP contribution < -0.4 is 0 Å². The molecule has 1 aromatic rings. The molecule has 0 saturated carbocycles. The van der Waals surface area contributed by atoms with Crippen LogP contribution in [0, 0.1) is 22.9 Å². The van der Waals surface area contributed by atoms with E-state index in [4.69, 9.17) is 0 Å². The number of allylic oxidation sites excluding steroid dienone is 1. The van der Waals surface area contributed by atoms with Gasteiger partial charge in [-0.15, -0.1) is 11.1 Å². The Morgan fingerprint density at radius 3 is 1.65 bits per heavy atom. The van der Waals surface area contributed by atoms with E-state index in [2.05, 4.69) is 114 Å². The van der Waals surface area contributed by atoms with Gasteiger partial charge in [0.25, 0.3) is 0 Å². The Labute approximate surface area is 164 Å². The van der Waals surface area contributed by atoms with E-state index in [0.717, 1.165) is 5.57 Å². The Morgan fingerprint density at radius 2 is 1.23 bits per heavy atom. The molecule has 0 N–H and O–H groups in total. The molecule has 0 fully saturated rings. The van der Waals surface area contributed by atoms with Gasteiger partial charge in [0.1, 0.15) is 16.1 Å². The quantitative estimate of drug-likeness (QED) is 0.383. The highest BCUT2D eigenvalue weighted by Crippen LogP contribution is 2.40. The summed E-state index contributed by atoms with van der Waals surface area (Å²) in [6.07, 6.45) is 2.15. The van der Waals surface area contributed by atoms with E-state index in [-0.39, 0.29) is 0 Å². The fourth-order valence-electron chi connectivity index (χ4n) is 3.68. The first-order chi connectivity index (χ1) is 12.0. The molecule has 0 amide bonds. The highest BCUT2D eigenvalue weighted by atomic mass is 28.3. The van der Waals surface area contributed by atoms with Gasteiger partial charge < -0.3 is 0 Å². The molecule has 0 radical (unpaired) electrons. The molecule has 0 aliphatic carbocycles. The maximum atomic E-state index is 3.82. The minimum atomic E-state index is -1.74. The Kier molecular flexibility index (Phi) is 8.20. The molecule has 26 heavy (non-hydrogen) atoms. The summed E-state index contributed by atoms with van der Waals surface area (Å²) < 4.78 is 0. The van der Waals surface area contributed by atoms with Crippen molar-refractivity contribution in [3.05, 3.63) is 41.5 Å². The van der Waals surface area contributed by atoms with Crippen LogP contribution in [-0.2, 0) is 0 Å². The van der Waals surface area contributed by atoms with Gasteiger partial charge in [0.2, 0.25) is 0 Å². The zero-order valence-electron chi connectivity index (χ0n) is 18.2. The van der Waals surface area contributed by atoms with Gasteiger partial charge in [0, 0.05) is 0 Å². The van der Waals surface area contributed by atoms with E-state index in [1.165, 1.54) is 5.56 Å². The highest BCUT2D eigenvalue weighted by molar-refractivity contribution is 6.90. The van der Waals surface area contributed by atoms with Gasteiger partial charge >= 0.3 is 0 Å². The minimum Gasteiger partial charge on any atom is -0.126 e. The van der Waals surface area contributed by atoms with Gasteiger partial charge in [-0.25, -0.2) is 0 Å². The lowest BCUT2D eigenvalue weighted by molar-refractivity contribution is 0.838. The molecule has 0 spiro atoms. The molecular formula is C24H36Si2. The SMILES string of the molecule is CC(C)[Si](C#C/C(C#C[Si](C)(C)C)=C/c1ccccc1)(C(C)C)C(C)C. The van der Waals surface area contributed by atoms with Gasteiger partial charge in [-0.05, 0) is 28.3 Å². The van der Waals surface area contributed by atoms with Crippen LogP contribution in [0.3, 0.4) is 0 Å². The maximum absolute atomic E-state index is 3.82. The lowest BCUT2D eigenvalue weighted by atomic mass is 10.1. The first-order valence-corrected chi connectivity index (χ1v) is 15.6. The summed E-state index contributed by atoms with van der Waals surface area (Å²) in [5.74, 6) is 6.97. The first kappa shape index (κ1) is 22.6. The molecule has 1 aromatic carbocycles. The normalized spacial score (nSPS) is 12.7. The van der Waals surface area contributed by atoms with E-state index in [0.29, 0.717) is 16.6 Å². The molecule has 2 heteroatoms. The van der Waals surface area contributed by atoms with Gasteiger partial charge in [0.15, 0.2) is 0 Å². The number of hydrogen-bond donors (Lipinski definition) is 0. The second kappa shape index (κ2) is 9.45. The van der Waals surface area contributed by atoms with Gasteiger partial charge in [0.05, 0.1) is 5.57 Å². The lowest BCUT2D eigenvalue weighted by Gasteiger charge is -2.38. The molecule has 0 atom stereocenters. The molecule has 1 rings (SSSR count). The molecule has 0 aromatic heterocycles. The van der Waals surface area contributed by atoms with Crippen LogP contribution in [0.25, 0.3) is 6.08 Å². The van der Waals surface area contributed by atoms with Crippen LogP contribution in [0.15, 0.2) is 35.9 Å². The molecule has 0 aliphatic rings.